The largest absolute Gasteiger partial charge is 0.573 e. The van der Waals surface area contributed by atoms with E-state index < -0.39 is 12.0 Å². The van der Waals surface area contributed by atoms with E-state index in [9.17, 15) is 18.3 Å². The lowest BCUT2D eigenvalue weighted by Crippen LogP contribution is -2.29. The van der Waals surface area contributed by atoms with Crippen molar-refractivity contribution in [3.63, 3.8) is 0 Å². The van der Waals surface area contributed by atoms with E-state index in [1.807, 2.05) is 6.92 Å². The quantitative estimate of drug-likeness (QED) is 0.786. The van der Waals surface area contributed by atoms with Gasteiger partial charge in [-0.05, 0) is 32.5 Å². The number of hydrogen-bond acceptors (Lipinski definition) is 3. The van der Waals surface area contributed by atoms with Gasteiger partial charge in [0.2, 0.25) is 0 Å². The molecular weight excluding hydrogens is 259 g/mol. The third kappa shape index (κ3) is 5.08. The summed E-state index contributed by atoms with van der Waals surface area (Å²) in [5, 5.41) is 13.3. The second kappa shape index (κ2) is 6.25. The van der Waals surface area contributed by atoms with E-state index in [0.717, 1.165) is 6.54 Å². The highest BCUT2D eigenvalue weighted by atomic mass is 19.4. The molecule has 19 heavy (non-hydrogen) atoms. The lowest BCUT2D eigenvalue weighted by molar-refractivity contribution is -0.275. The maximum absolute atomic E-state index is 12.3. The third-order valence-electron chi connectivity index (χ3n) is 2.73. The van der Waals surface area contributed by atoms with Crippen molar-refractivity contribution in [1.29, 1.82) is 0 Å². The Morgan fingerprint density at radius 2 is 1.89 bits per heavy atom. The maximum Gasteiger partial charge on any atom is 0.573 e. The van der Waals surface area contributed by atoms with Crippen molar-refractivity contribution in [2.24, 2.45) is 0 Å². The molecule has 6 heteroatoms. The van der Waals surface area contributed by atoms with Crippen molar-refractivity contribution in [3.8, 4) is 5.75 Å². The number of nitrogens with one attached hydrogen (secondary N) is 1. The van der Waals surface area contributed by atoms with Gasteiger partial charge in [0.1, 0.15) is 5.75 Å². The van der Waals surface area contributed by atoms with E-state index in [2.05, 4.69) is 10.1 Å². The van der Waals surface area contributed by atoms with Gasteiger partial charge in [-0.2, -0.15) is 0 Å². The molecule has 1 unspecified atom stereocenters. The van der Waals surface area contributed by atoms with Crippen LogP contribution in [0.3, 0.4) is 0 Å². The molecule has 108 valence electrons. The summed E-state index contributed by atoms with van der Waals surface area (Å²) in [7, 11) is 0. The van der Waals surface area contributed by atoms with Gasteiger partial charge in [0.25, 0.3) is 0 Å². The van der Waals surface area contributed by atoms with E-state index >= 15 is 0 Å². The molecule has 1 aromatic carbocycles. The first-order valence-corrected chi connectivity index (χ1v) is 6.04. The summed E-state index contributed by atoms with van der Waals surface area (Å²) < 4.78 is 40.8. The summed E-state index contributed by atoms with van der Waals surface area (Å²) in [6, 6.07) is 5.64. The summed E-state index contributed by atoms with van der Waals surface area (Å²) in [6.07, 6.45) is -4.48. The first kappa shape index (κ1) is 15.8. The van der Waals surface area contributed by atoms with Crippen molar-refractivity contribution < 1.29 is 23.0 Å². The molecule has 0 aliphatic rings. The van der Waals surface area contributed by atoms with Gasteiger partial charge < -0.3 is 15.2 Å². The molecule has 1 rings (SSSR count). The Balaban J connectivity index is 2.92. The fourth-order valence-corrected chi connectivity index (χ4v) is 1.77. The van der Waals surface area contributed by atoms with E-state index in [1.165, 1.54) is 25.1 Å². The zero-order chi connectivity index (χ0) is 14.5. The minimum Gasteiger partial charge on any atom is -0.405 e. The number of alkyl halides is 3. The fraction of sp³-hybridized carbons (Fsp3) is 0.538. The van der Waals surface area contributed by atoms with E-state index in [1.54, 1.807) is 6.07 Å². The fourth-order valence-electron chi connectivity index (χ4n) is 1.77. The Hall–Kier alpha value is -1.27. The number of aliphatic hydroxyl groups is 1. The first-order valence-electron chi connectivity index (χ1n) is 6.04. The summed E-state index contributed by atoms with van der Waals surface area (Å²) in [5.74, 6) is -0.364. The Morgan fingerprint density at radius 3 is 2.47 bits per heavy atom. The van der Waals surface area contributed by atoms with Crippen LogP contribution >= 0.6 is 0 Å². The van der Waals surface area contributed by atoms with E-state index in [0.29, 0.717) is 13.0 Å². The SMILES string of the molecule is CCNCCC(C)(O)c1ccccc1OC(F)(F)F. The van der Waals surface area contributed by atoms with Crippen LogP contribution in [0, 0.1) is 0 Å². The first-order chi connectivity index (χ1) is 8.76. The van der Waals surface area contributed by atoms with Crippen LogP contribution in [0.5, 0.6) is 5.75 Å². The van der Waals surface area contributed by atoms with Gasteiger partial charge in [0.05, 0.1) is 5.60 Å². The van der Waals surface area contributed by atoms with Crippen LogP contribution in [-0.4, -0.2) is 24.6 Å². The van der Waals surface area contributed by atoms with Gasteiger partial charge in [-0.15, -0.1) is 13.2 Å². The molecule has 0 aromatic heterocycles. The molecule has 0 bridgehead atoms. The number of ether oxygens (including phenoxy) is 1. The molecule has 0 heterocycles. The maximum atomic E-state index is 12.3. The highest BCUT2D eigenvalue weighted by Crippen LogP contribution is 2.34. The third-order valence-corrected chi connectivity index (χ3v) is 2.73. The number of halogens is 3. The zero-order valence-corrected chi connectivity index (χ0v) is 10.9. The molecule has 1 aromatic rings. The van der Waals surface area contributed by atoms with Crippen LogP contribution in [0.2, 0.25) is 0 Å². The molecule has 0 saturated carbocycles. The predicted molar refractivity (Wildman–Crippen MR) is 65.9 cm³/mol. The van der Waals surface area contributed by atoms with Crippen molar-refractivity contribution >= 4 is 0 Å². The smallest absolute Gasteiger partial charge is 0.405 e. The Labute approximate surface area is 110 Å². The van der Waals surface area contributed by atoms with Gasteiger partial charge in [-0.25, -0.2) is 0 Å². The molecular formula is C13H18F3NO2. The van der Waals surface area contributed by atoms with Crippen molar-refractivity contribution in [2.75, 3.05) is 13.1 Å². The monoisotopic (exact) mass is 277 g/mol. The molecule has 0 aliphatic heterocycles. The van der Waals surface area contributed by atoms with Crippen molar-refractivity contribution in [3.05, 3.63) is 29.8 Å². The van der Waals surface area contributed by atoms with Crippen LogP contribution in [0.15, 0.2) is 24.3 Å². The molecule has 0 amide bonds. The van der Waals surface area contributed by atoms with Crippen LogP contribution in [-0.2, 0) is 5.60 Å². The molecule has 1 atom stereocenters. The van der Waals surface area contributed by atoms with Gasteiger partial charge >= 0.3 is 6.36 Å². The minimum absolute atomic E-state index is 0.130. The van der Waals surface area contributed by atoms with Crippen LogP contribution < -0.4 is 10.1 Å². The number of para-hydroxylation sites is 1. The molecule has 0 fully saturated rings. The van der Waals surface area contributed by atoms with Gasteiger partial charge in [0.15, 0.2) is 0 Å². The number of rotatable bonds is 6. The Morgan fingerprint density at radius 1 is 1.26 bits per heavy atom. The highest BCUT2D eigenvalue weighted by Gasteiger charge is 2.35. The predicted octanol–water partition coefficient (Wildman–Crippen LogP) is 2.79. The summed E-state index contributed by atoms with van der Waals surface area (Å²) in [4.78, 5) is 0. The minimum atomic E-state index is -4.77. The van der Waals surface area contributed by atoms with Gasteiger partial charge in [0, 0.05) is 5.56 Å². The van der Waals surface area contributed by atoms with Crippen LogP contribution in [0.25, 0.3) is 0 Å². The lowest BCUT2D eigenvalue weighted by atomic mass is 9.91. The van der Waals surface area contributed by atoms with E-state index in [4.69, 9.17) is 0 Å². The molecule has 0 aliphatic carbocycles. The zero-order valence-electron chi connectivity index (χ0n) is 10.9. The second-order valence-corrected chi connectivity index (χ2v) is 4.42. The van der Waals surface area contributed by atoms with Crippen molar-refractivity contribution in [1.82, 2.24) is 5.32 Å². The van der Waals surface area contributed by atoms with Gasteiger partial charge in [-0.1, -0.05) is 25.1 Å². The van der Waals surface area contributed by atoms with Gasteiger partial charge in [-0.3, -0.25) is 0 Å². The standard InChI is InChI=1S/C13H18F3NO2/c1-3-17-9-8-12(2,18)10-6-4-5-7-11(10)19-13(14,15)16/h4-7,17-18H,3,8-9H2,1-2H3. The molecule has 0 saturated heterocycles. The Kier molecular flexibility index (Phi) is 5.20. The lowest BCUT2D eigenvalue weighted by Gasteiger charge is -2.26. The average Bonchev–Trinajstić information content (AvgIpc) is 2.27. The van der Waals surface area contributed by atoms with E-state index in [-0.39, 0.29) is 11.3 Å². The normalized spacial score (nSPS) is 15.1. The summed E-state index contributed by atoms with van der Waals surface area (Å²) in [5.41, 5.74) is -1.26. The summed E-state index contributed by atoms with van der Waals surface area (Å²) in [6.45, 7) is 4.62. The van der Waals surface area contributed by atoms with Crippen molar-refractivity contribution in [2.45, 2.75) is 32.2 Å². The highest BCUT2D eigenvalue weighted by molar-refractivity contribution is 5.37. The molecule has 0 radical (unpaired) electrons. The topological polar surface area (TPSA) is 41.5 Å². The van der Waals surface area contributed by atoms with Crippen LogP contribution in [0.4, 0.5) is 13.2 Å². The average molecular weight is 277 g/mol. The molecule has 0 spiro atoms. The number of hydrogen-bond donors (Lipinski definition) is 2. The Bertz CT molecular complexity index is 405. The molecule has 3 nitrogen and oxygen atoms in total. The second-order valence-electron chi connectivity index (χ2n) is 4.42. The van der Waals surface area contributed by atoms with Crippen LogP contribution in [0.1, 0.15) is 25.8 Å². The number of benzene rings is 1. The summed E-state index contributed by atoms with van der Waals surface area (Å²) >= 11 is 0. The molecule has 2 N–H and O–H groups in total.